The van der Waals surface area contributed by atoms with Crippen LogP contribution in [0.2, 0.25) is 0 Å². The summed E-state index contributed by atoms with van der Waals surface area (Å²) in [6.07, 6.45) is -1.22. The second-order valence-corrected chi connectivity index (χ2v) is 7.07. The summed E-state index contributed by atoms with van der Waals surface area (Å²) in [5, 5.41) is 20.3. The van der Waals surface area contributed by atoms with E-state index in [9.17, 15) is 19.0 Å². The molecule has 7 nitrogen and oxygen atoms in total. The highest BCUT2D eigenvalue weighted by Gasteiger charge is 2.29. The molecule has 0 fully saturated rings. The van der Waals surface area contributed by atoms with Gasteiger partial charge in [0.05, 0.1) is 12.2 Å². The molecule has 1 rings (SSSR count). The highest BCUT2D eigenvalue weighted by atomic mass is 31.2. The number of nitrogens with one attached hydrogen (secondary N) is 1. The summed E-state index contributed by atoms with van der Waals surface area (Å²) >= 11 is 0. The zero-order valence-corrected chi connectivity index (χ0v) is 12.2. The largest absolute Gasteiger partial charge is 0.481 e. The van der Waals surface area contributed by atoms with Crippen LogP contribution in [-0.4, -0.2) is 39.5 Å². The number of aliphatic carboxylic acids is 2. The molecule has 8 heteroatoms. The maximum Gasteiger partial charge on any atom is 0.307 e. The predicted octanol–water partition coefficient (Wildman–Crippen LogP) is 1.89. The Bertz CT molecular complexity index is 533. The highest BCUT2D eigenvalue weighted by molar-refractivity contribution is 7.58. The first kappa shape index (κ1) is 17.2. The lowest BCUT2D eigenvalue weighted by Crippen LogP contribution is -2.21. The first-order valence-corrected chi connectivity index (χ1v) is 8.37. The van der Waals surface area contributed by atoms with Gasteiger partial charge in [0.15, 0.2) is 0 Å². The third-order valence-electron chi connectivity index (χ3n) is 2.87. The smallest absolute Gasteiger partial charge is 0.307 e. The number of carboxylic acid groups (broad SMARTS) is 2. The lowest BCUT2D eigenvalue weighted by atomic mass is 10.1. The van der Waals surface area contributed by atoms with Crippen LogP contribution in [0.3, 0.4) is 0 Å². The standard InChI is InChI=1S/C13H18NO6P/c15-12(16)7-6-10(13(17)18)8-21(19,20)9-14-11-4-2-1-3-5-11/h1-5,10,14H,6-9H2,(H,15,16)(H,17,18)(H,19,20)/t10-/m1/s1. The van der Waals surface area contributed by atoms with Gasteiger partial charge in [0.25, 0.3) is 0 Å². The first-order valence-electron chi connectivity index (χ1n) is 6.34. The van der Waals surface area contributed by atoms with E-state index in [1.54, 1.807) is 30.3 Å². The van der Waals surface area contributed by atoms with Gasteiger partial charge in [0.2, 0.25) is 7.37 Å². The molecule has 0 amide bonds. The highest BCUT2D eigenvalue weighted by Crippen LogP contribution is 2.43. The molecule has 0 aromatic heterocycles. The van der Waals surface area contributed by atoms with Crippen LogP contribution in [0, 0.1) is 5.92 Å². The van der Waals surface area contributed by atoms with Gasteiger partial charge in [0, 0.05) is 18.3 Å². The van der Waals surface area contributed by atoms with Crippen molar-refractivity contribution in [3.63, 3.8) is 0 Å². The number of rotatable bonds is 9. The molecule has 1 aromatic carbocycles. The van der Waals surface area contributed by atoms with Gasteiger partial charge in [-0.25, -0.2) is 0 Å². The van der Waals surface area contributed by atoms with E-state index < -0.39 is 31.4 Å². The number of benzene rings is 1. The summed E-state index contributed by atoms with van der Waals surface area (Å²) in [5.74, 6) is -3.53. The van der Waals surface area contributed by atoms with Crippen molar-refractivity contribution in [1.82, 2.24) is 0 Å². The average Bonchev–Trinajstić information content (AvgIpc) is 2.42. The molecule has 1 aromatic rings. The van der Waals surface area contributed by atoms with E-state index in [2.05, 4.69) is 5.32 Å². The first-order chi connectivity index (χ1) is 9.80. The van der Waals surface area contributed by atoms with E-state index >= 15 is 0 Å². The van der Waals surface area contributed by atoms with Crippen molar-refractivity contribution in [2.75, 3.05) is 17.8 Å². The summed E-state index contributed by atoms with van der Waals surface area (Å²) in [6, 6.07) is 8.77. The predicted molar refractivity (Wildman–Crippen MR) is 77.6 cm³/mol. The van der Waals surface area contributed by atoms with Crippen molar-refractivity contribution in [2.24, 2.45) is 5.92 Å². The quantitative estimate of drug-likeness (QED) is 0.513. The van der Waals surface area contributed by atoms with Crippen molar-refractivity contribution in [1.29, 1.82) is 0 Å². The molecule has 2 atom stereocenters. The van der Waals surface area contributed by atoms with Gasteiger partial charge in [-0.1, -0.05) is 18.2 Å². The van der Waals surface area contributed by atoms with Crippen LogP contribution < -0.4 is 5.32 Å². The van der Waals surface area contributed by atoms with E-state index in [1.807, 2.05) is 0 Å². The molecule has 4 N–H and O–H groups in total. The third kappa shape index (κ3) is 6.92. The van der Waals surface area contributed by atoms with Crippen LogP contribution in [0.4, 0.5) is 5.69 Å². The lowest BCUT2D eigenvalue weighted by molar-refractivity contribution is -0.142. The van der Waals surface area contributed by atoms with E-state index in [1.165, 1.54) is 0 Å². The van der Waals surface area contributed by atoms with Gasteiger partial charge in [-0.2, -0.15) is 0 Å². The van der Waals surface area contributed by atoms with Crippen LogP contribution in [0.5, 0.6) is 0 Å². The lowest BCUT2D eigenvalue weighted by Gasteiger charge is -2.17. The topological polar surface area (TPSA) is 124 Å². The van der Waals surface area contributed by atoms with E-state index in [0.29, 0.717) is 5.69 Å². The van der Waals surface area contributed by atoms with Gasteiger partial charge in [-0.05, 0) is 18.6 Å². The van der Waals surface area contributed by atoms with Crippen molar-refractivity contribution in [3.05, 3.63) is 30.3 Å². The minimum atomic E-state index is -3.71. The molecule has 21 heavy (non-hydrogen) atoms. The second-order valence-electron chi connectivity index (χ2n) is 4.70. The number of hydrogen-bond acceptors (Lipinski definition) is 4. The zero-order chi connectivity index (χ0) is 15.9. The molecule has 0 saturated heterocycles. The number of anilines is 1. The number of carboxylic acids is 2. The molecule has 0 spiro atoms. The summed E-state index contributed by atoms with van der Waals surface area (Å²) in [4.78, 5) is 31.3. The molecule has 1 unspecified atom stereocenters. The van der Waals surface area contributed by atoms with Gasteiger partial charge in [-0.3, -0.25) is 14.2 Å². The van der Waals surface area contributed by atoms with Crippen LogP contribution in [-0.2, 0) is 14.2 Å². The summed E-state index contributed by atoms with van der Waals surface area (Å²) in [7, 11) is -3.71. The Morgan fingerprint density at radius 2 is 1.81 bits per heavy atom. The molecule has 0 aliphatic rings. The normalized spacial score (nSPS) is 14.9. The van der Waals surface area contributed by atoms with E-state index in [-0.39, 0.29) is 19.1 Å². The molecule has 0 saturated carbocycles. The minimum absolute atomic E-state index is 0.166. The molecule has 0 heterocycles. The second kappa shape index (κ2) is 7.81. The Hall–Kier alpha value is -1.85. The fraction of sp³-hybridized carbons (Fsp3) is 0.385. The Morgan fingerprint density at radius 1 is 1.19 bits per heavy atom. The van der Waals surface area contributed by atoms with Crippen LogP contribution in [0.15, 0.2) is 30.3 Å². The molecule has 116 valence electrons. The van der Waals surface area contributed by atoms with Crippen LogP contribution in [0.25, 0.3) is 0 Å². The molecule has 0 aliphatic heterocycles. The summed E-state index contributed by atoms with van der Waals surface area (Å²) < 4.78 is 12.0. The summed E-state index contributed by atoms with van der Waals surface area (Å²) in [5.41, 5.74) is 0.657. The molecular formula is C13H18NO6P. The van der Waals surface area contributed by atoms with Gasteiger partial charge in [-0.15, -0.1) is 0 Å². The van der Waals surface area contributed by atoms with Crippen molar-refractivity contribution < 1.29 is 29.3 Å². The molecule has 0 aliphatic carbocycles. The Morgan fingerprint density at radius 3 is 2.33 bits per heavy atom. The van der Waals surface area contributed by atoms with E-state index in [4.69, 9.17) is 10.2 Å². The fourth-order valence-electron chi connectivity index (χ4n) is 1.77. The number of carbonyl (C=O) groups is 2. The van der Waals surface area contributed by atoms with Crippen molar-refractivity contribution in [2.45, 2.75) is 12.8 Å². The third-order valence-corrected chi connectivity index (χ3v) is 4.53. The van der Waals surface area contributed by atoms with Crippen molar-refractivity contribution in [3.8, 4) is 0 Å². The maximum atomic E-state index is 12.0. The van der Waals surface area contributed by atoms with Crippen molar-refractivity contribution >= 4 is 25.0 Å². The Balaban J connectivity index is 2.57. The van der Waals surface area contributed by atoms with Gasteiger partial charge in [0.1, 0.15) is 0 Å². The minimum Gasteiger partial charge on any atom is -0.481 e. The fourth-order valence-corrected chi connectivity index (χ4v) is 3.36. The maximum absolute atomic E-state index is 12.0. The number of para-hydroxylation sites is 1. The monoisotopic (exact) mass is 315 g/mol. The van der Waals surface area contributed by atoms with Crippen LogP contribution >= 0.6 is 7.37 Å². The number of hydrogen-bond donors (Lipinski definition) is 4. The summed E-state index contributed by atoms with van der Waals surface area (Å²) in [6.45, 7) is 0. The molecular weight excluding hydrogens is 297 g/mol. The van der Waals surface area contributed by atoms with E-state index in [0.717, 1.165) is 0 Å². The molecule has 0 bridgehead atoms. The van der Waals surface area contributed by atoms with Crippen LogP contribution in [0.1, 0.15) is 12.8 Å². The zero-order valence-electron chi connectivity index (χ0n) is 11.3. The SMILES string of the molecule is O=C(O)CC[C@H](CP(=O)(O)CNc1ccccc1)C(=O)O. The Kier molecular flexibility index (Phi) is 6.39. The van der Waals surface area contributed by atoms with Gasteiger partial charge >= 0.3 is 11.9 Å². The molecule has 0 radical (unpaired) electrons. The van der Waals surface area contributed by atoms with Gasteiger partial charge < -0.3 is 20.4 Å². The average molecular weight is 315 g/mol. The Labute approximate surface area is 122 Å².